The Kier molecular flexibility index (Phi) is 3.17. The zero-order valence-corrected chi connectivity index (χ0v) is 10.6. The van der Waals surface area contributed by atoms with Crippen LogP contribution in [0.5, 0.6) is 5.75 Å². The molecule has 18 heavy (non-hydrogen) atoms. The van der Waals surface area contributed by atoms with E-state index in [9.17, 15) is 9.90 Å². The molecule has 0 aliphatic carbocycles. The van der Waals surface area contributed by atoms with E-state index in [1.54, 1.807) is 30.0 Å². The van der Waals surface area contributed by atoms with Crippen LogP contribution in [0.15, 0.2) is 18.2 Å². The molecule has 1 saturated heterocycles. The van der Waals surface area contributed by atoms with E-state index in [4.69, 9.17) is 10.5 Å². The van der Waals surface area contributed by atoms with Gasteiger partial charge in [0.1, 0.15) is 5.75 Å². The Bertz CT molecular complexity index is 471. The summed E-state index contributed by atoms with van der Waals surface area (Å²) in [6.07, 6.45) is 0.593. The molecule has 0 spiro atoms. The topological polar surface area (TPSA) is 75.8 Å². The first-order valence-corrected chi connectivity index (χ1v) is 5.88. The molecule has 5 heteroatoms. The van der Waals surface area contributed by atoms with Crippen molar-refractivity contribution in [3.63, 3.8) is 0 Å². The van der Waals surface area contributed by atoms with Gasteiger partial charge in [0.15, 0.2) is 0 Å². The molecule has 2 rings (SSSR count). The number of nitrogen functional groups attached to an aromatic ring is 1. The van der Waals surface area contributed by atoms with E-state index in [2.05, 4.69) is 0 Å². The minimum absolute atomic E-state index is 0.135. The van der Waals surface area contributed by atoms with Crippen LogP contribution in [0.25, 0.3) is 0 Å². The highest BCUT2D eigenvalue weighted by Gasteiger charge is 2.35. The maximum atomic E-state index is 12.3. The van der Waals surface area contributed by atoms with Crippen molar-refractivity contribution < 1.29 is 14.6 Å². The van der Waals surface area contributed by atoms with Gasteiger partial charge in [-0.3, -0.25) is 4.79 Å². The number of anilines is 1. The van der Waals surface area contributed by atoms with Crippen molar-refractivity contribution >= 4 is 11.6 Å². The van der Waals surface area contributed by atoms with Gasteiger partial charge in [-0.1, -0.05) is 0 Å². The van der Waals surface area contributed by atoms with E-state index in [0.29, 0.717) is 36.5 Å². The normalized spacial score (nSPS) is 23.2. The zero-order valence-electron chi connectivity index (χ0n) is 10.6. The molecule has 5 nitrogen and oxygen atoms in total. The van der Waals surface area contributed by atoms with Crippen LogP contribution in [-0.2, 0) is 0 Å². The van der Waals surface area contributed by atoms with Crippen LogP contribution in [0.4, 0.5) is 5.69 Å². The lowest BCUT2D eigenvalue weighted by molar-refractivity contribution is 0.0570. The second-order valence-electron chi connectivity index (χ2n) is 4.93. The number of rotatable bonds is 2. The average molecular weight is 250 g/mol. The lowest BCUT2D eigenvalue weighted by atomic mass is 10.1. The highest BCUT2D eigenvalue weighted by molar-refractivity contribution is 5.97. The molecule has 1 atom stereocenters. The number of carbonyl (C=O) groups excluding carboxylic acids is 1. The Labute approximate surface area is 106 Å². The summed E-state index contributed by atoms with van der Waals surface area (Å²) in [4.78, 5) is 14.0. The first-order chi connectivity index (χ1) is 8.43. The number of hydrogen-bond donors (Lipinski definition) is 2. The largest absolute Gasteiger partial charge is 0.496 e. The fraction of sp³-hybridized carbons (Fsp3) is 0.462. The lowest BCUT2D eigenvalue weighted by Gasteiger charge is -2.20. The summed E-state index contributed by atoms with van der Waals surface area (Å²) >= 11 is 0. The van der Waals surface area contributed by atoms with Crippen molar-refractivity contribution in [2.75, 3.05) is 25.9 Å². The Hall–Kier alpha value is -1.75. The lowest BCUT2D eigenvalue weighted by Crippen LogP contribution is -2.34. The molecule has 3 N–H and O–H groups in total. The number of carbonyl (C=O) groups is 1. The minimum Gasteiger partial charge on any atom is -0.496 e. The molecule has 0 bridgehead atoms. The fourth-order valence-electron chi connectivity index (χ4n) is 2.17. The van der Waals surface area contributed by atoms with Crippen molar-refractivity contribution in [2.45, 2.75) is 18.9 Å². The highest BCUT2D eigenvalue weighted by atomic mass is 16.5. The van der Waals surface area contributed by atoms with Crippen LogP contribution >= 0.6 is 0 Å². The number of aliphatic hydroxyl groups is 1. The molecule has 98 valence electrons. The molecule has 1 aromatic rings. The maximum absolute atomic E-state index is 12.3. The van der Waals surface area contributed by atoms with Gasteiger partial charge in [-0.15, -0.1) is 0 Å². The molecule has 1 aliphatic rings. The van der Waals surface area contributed by atoms with E-state index in [1.807, 2.05) is 0 Å². The third kappa shape index (κ3) is 2.41. The van der Waals surface area contributed by atoms with Crippen molar-refractivity contribution in [3.8, 4) is 5.75 Å². The molecule has 1 heterocycles. The molecular weight excluding hydrogens is 232 g/mol. The standard InChI is InChI=1S/C13H18N2O3/c1-13(17)5-6-15(8-13)12(16)10-4-3-9(14)7-11(10)18-2/h3-4,7,17H,5-6,8,14H2,1-2H3. The minimum atomic E-state index is -0.795. The predicted molar refractivity (Wildman–Crippen MR) is 68.6 cm³/mol. The molecule has 1 amide bonds. The van der Waals surface area contributed by atoms with E-state index >= 15 is 0 Å². The Morgan fingerprint density at radius 2 is 2.28 bits per heavy atom. The number of benzene rings is 1. The predicted octanol–water partition coefficient (Wildman–Crippen LogP) is 0.874. The summed E-state index contributed by atoms with van der Waals surface area (Å²) in [6.45, 7) is 2.64. The van der Waals surface area contributed by atoms with Crippen molar-refractivity contribution in [3.05, 3.63) is 23.8 Å². The third-order valence-corrected chi connectivity index (χ3v) is 3.19. The number of ether oxygens (including phenoxy) is 1. The number of likely N-dealkylation sites (tertiary alicyclic amines) is 1. The van der Waals surface area contributed by atoms with Crippen LogP contribution < -0.4 is 10.5 Å². The second kappa shape index (κ2) is 4.49. The van der Waals surface area contributed by atoms with E-state index in [0.717, 1.165) is 0 Å². The molecular formula is C13H18N2O3. The van der Waals surface area contributed by atoms with Crippen molar-refractivity contribution in [1.29, 1.82) is 0 Å². The van der Waals surface area contributed by atoms with Crippen molar-refractivity contribution in [1.82, 2.24) is 4.90 Å². The van der Waals surface area contributed by atoms with Gasteiger partial charge < -0.3 is 20.5 Å². The van der Waals surface area contributed by atoms with E-state index in [1.165, 1.54) is 7.11 Å². The SMILES string of the molecule is COc1cc(N)ccc1C(=O)N1CCC(C)(O)C1. The van der Waals surface area contributed by atoms with Crippen molar-refractivity contribution in [2.24, 2.45) is 0 Å². The number of nitrogens with zero attached hydrogens (tertiary/aromatic N) is 1. The third-order valence-electron chi connectivity index (χ3n) is 3.19. The fourth-order valence-corrected chi connectivity index (χ4v) is 2.17. The molecule has 1 unspecified atom stereocenters. The van der Waals surface area contributed by atoms with Gasteiger partial charge in [-0.05, 0) is 25.5 Å². The second-order valence-corrected chi connectivity index (χ2v) is 4.93. The smallest absolute Gasteiger partial charge is 0.257 e. The number of β-amino-alcohol motifs (C(OH)–C–C–N with tert-alkyl or cyclic N) is 1. The quantitative estimate of drug-likeness (QED) is 0.764. The van der Waals surface area contributed by atoms with Crippen LogP contribution in [-0.4, -0.2) is 41.7 Å². The number of amides is 1. The first-order valence-electron chi connectivity index (χ1n) is 5.88. The van der Waals surface area contributed by atoms with Gasteiger partial charge in [0.2, 0.25) is 0 Å². The van der Waals surface area contributed by atoms with E-state index in [-0.39, 0.29) is 5.91 Å². The number of nitrogens with two attached hydrogens (primary N) is 1. The number of hydrogen-bond acceptors (Lipinski definition) is 4. The van der Waals surface area contributed by atoms with Gasteiger partial charge >= 0.3 is 0 Å². The monoisotopic (exact) mass is 250 g/mol. The summed E-state index contributed by atoms with van der Waals surface area (Å²) in [5.74, 6) is 0.330. The summed E-state index contributed by atoms with van der Waals surface area (Å²) in [7, 11) is 1.51. The molecule has 0 aromatic heterocycles. The summed E-state index contributed by atoms with van der Waals surface area (Å²) in [5.41, 5.74) is 5.89. The average Bonchev–Trinajstić information content (AvgIpc) is 2.68. The Balaban J connectivity index is 2.24. The molecule has 0 radical (unpaired) electrons. The summed E-state index contributed by atoms with van der Waals surface area (Å²) < 4.78 is 5.17. The molecule has 0 saturated carbocycles. The highest BCUT2D eigenvalue weighted by Crippen LogP contribution is 2.27. The van der Waals surface area contributed by atoms with Gasteiger partial charge in [0.05, 0.1) is 18.3 Å². The molecule has 1 fully saturated rings. The van der Waals surface area contributed by atoms with Crippen LogP contribution in [0.3, 0.4) is 0 Å². The summed E-state index contributed by atoms with van der Waals surface area (Å²) in [6, 6.07) is 4.95. The Morgan fingerprint density at radius 3 is 2.83 bits per heavy atom. The van der Waals surface area contributed by atoms with Crippen LogP contribution in [0.1, 0.15) is 23.7 Å². The van der Waals surface area contributed by atoms with Gasteiger partial charge in [-0.2, -0.15) is 0 Å². The van der Waals surface area contributed by atoms with Crippen LogP contribution in [0.2, 0.25) is 0 Å². The Morgan fingerprint density at radius 1 is 1.56 bits per heavy atom. The molecule has 1 aromatic carbocycles. The first kappa shape index (κ1) is 12.7. The van der Waals surface area contributed by atoms with E-state index < -0.39 is 5.60 Å². The maximum Gasteiger partial charge on any atom is 0.257 e. The number of methoxy groups -OCH3 is 1. The van der Waals surface area contributed by atoms with Gasteiger partial charge in [0.25, 0.3) is 5.91 Å². The summed E-state index contributed by atoms with van der Waals surface area (Å²) in [5, 5.41) is 9.89. The molecule has 1 aliphatic heterocycles. The van der Waals surface area contributed by atoms with Gasteiger partial charge in [0, 0.05) is 24.8 Å². The zero-order chi connectivity index (χ0) is 13.3. The van der Waals surface area contributed by atoms with Gasteiger partial charge in [-0.25, -0.2) is 0 Å². The van der Waals surface area contributed by atoms with Crippen LogP contribution in [0, 0.1) is 0 Å².